The molecule has 1 rings (SSSR count). The molecule has 5 heteroatoms. The molecule has 4 nitrogen and oxygen atoms in total. The fourth-order valence-electron chi connectivity index (χ4n) is 0.986. The first-order valence-corrected chi connectivity index (χ1v) is 4.25. The van der Waals surface area contributed by atoms with Crippen LogP contribution in [0.1, 0.15) is 22.5 Å². The maximum Gasteiger partial charge on any atom is 0.324 e. The van der Waals surface area contributed by atoms with Crippen molar-refractivity contribution < 1.29 is 9.90 Å². The highest BCUT2D eigenvalue weighted by Crippen LogP contribution is 2.16. The van der Waals surface area contributed by atoms with Crippen LogP contribution in [0.2, 0.25) is 0 Å². The van der Waals surface area contributed by atoms with Crippen molar-refractivity contribution in [2.75, 3.05) is 0 Å². The minimum atomic E-state index is -1.03. The summed E-state index contributed by atoms with van der Waals surface area (Å²) in [6.45, 7) is 3.58. The summed E-state index contributed by atoms with van der Waals surface area (Å²) in [4.78, 5) is 18.5. The average Bonchev–Trinajstić information content (AvgIpc) is 2.01. The van der Waals surface area contributed by atoms with E-state index in [0.717, 1.165) is 11.4 Å². The zero-order chi connectivity index (χ0) is 10.0. The molecule has 0 aromatic carbocycles. The van der Waals surface area contributed by atoms with Crippen LogP contribution < -0.4 is 0 Å². The second kappa shape index (κ2) is 3.74. The van der Waals surface area contributed by atoms with Crippen LogP contribution in [0.4, 0.5) is 0 Å². The van der Waals surface area contributed by atoms with Crippen molar-refractivity contribution in [3.05, 3.63) is 23.3 Å². The van der Waals surface area contributed by atoms with Gasteiger partial charge in [-0.2, -0.15) is 12.6 Å². The van der Waals surface area contributed by atoms with Crippen LogP contribution in [-0.4, -0.2) is 21.0 Å². The van der Waals surface area contributed by atoms with Crippen molar-refractivity contribution in [1.82, 2.24) is 9.97 Å². The summed E-state index contributed by atoms with van der Waals surface area (Å²) in [6.07, 6.45) is 0. The predicted octanol–water partition coefficient (Wildman–Crippen LogP) is 1.15. The van der Waals surface area contributed by atoms with Crippen LogP contribution in [0.25, 0.3) is 0 Å². The molecule has 0 amide bonds. The van der Waals surface area contributed by atoms with Gasteiger partial charge in [0.15, 0.2) is 11.1 Å². The van der Waals surface area contributed by atoms with E-state index in [4.69, 9.17) is 5.11 Å². The lowest BCUT2D eigenvalue weighted by Crippen LogP contribution is -2.10. The van der Waals surface area contributed by atoms with Gasteiger partial charge in [0.05, 0.1) is 0 Å². The van der Waals surface area contributed by atoms with E-state index in [1.165, 1.54) is 0 Å². The number of nitrogens with zero attached hydrogens (tertiary/aromatic N) is 2. The number of aromatic nitrogens is 2. The third-order valence-corrected chi connectivity index (χ3v) is 1.93. The molecule has 0 spiro atoms. The molecule has 13 heavy (non-hydrogen) atoms. The molecule has 1 heterocycles. The number of carbonyl (C=O) groups is 1. The molecule has 1 atom stereocenters. The first kappa shape index (κ1) is 9.98. The second-order valence-corrected chi connectivity index (χ2v) is 3.27. The average molecular weight is 198 g/mol. The molecule has 0 aliphatic rings. The molecule has 0 bridgehead atoms. The highest BCUT2D eigenvalue weighted by molar-refractivity contribution is 7.81. The number of thiol groups is 1. The summed E-state index contributed by atoms with van der Waals surface area (Å²) in [7, 11) is 0. The second-order valence-electron chi connectivity index (χ2n) is 2.75. The molecule has 1 N–H and O–H groups in total. The van der Waals surface area contributed by atoms with Gasteiger partial charge in [0.2, 0.25) is 0 Å². The molecule has 0 aliphatic carbocycles. The van der Waals surface area contributed by atoms with Crippen LogP contribution in [-0.2, 0) is 4.79 Å². The van der Waals surface area contributed by atoms with Gasteiger partial charge < -0.3 is 5.11 Å². The lowest BCUT2D eigenvalue weighted by Gasteiger charge is -2.05. The smallest absolute Gasteiger partial charge is 0.324 e. The van der Waals surface area contributed by atoms with Crippen molar-refractivity contribution in [2.24, 2.45) is 0 Å². The Bertz CT molecular complexity index is 321. The number of aryl methyl sites for hydroxylation is 2. The first-order valence-electron chi connectivity index (χ1n) is 3.74. The summed E-state index contributed by atoms with van der Waals surface area (Å²) < 4.78 is 0. The third-order valence-electron chi connectivity index (χ3n) is 1.48. The number of rotatable bonds is 2. The maximum atomic E-state index is 10.6. The van der Waals surface area contributed by atoms with E-state index in [-0.39, 0.29) is 5.82 Å². The quantitative estimate of drug-likeness (QED) is 0.700. The van der Waals surface area contributed by atoms with Gasteiger partial charge in [-0.15, -0.1) is 0 Å². The van der Waals surface area contributed by atoms with Crippen LogP contribution in [0.5, 0.6) is 0 Å². The van der Waals surface area contributed by atoms with E-state index < -0.39 is 11.2 Å². The van der Waals surface area contributed by atoms with E-state index in [1.807, 2.05) is 0 Å². The molecule has 0 radical (unpaired) electrons. The van der Waals surface area contributed by atoms with Gasteiger partial charge in [-0.05, 0) is 19.9 Å². The van der Waals surface area contributed by atoms with Gasteiger partial charge in [0.1, 0.15) is 0 Å². The normalized spacial score (nSPS) is 12.5. The molecule has 0 fully saturated rings. The summed E-state index contributed by atoms with van der Waals surface area (Å²) in [5, 5.41) is 7.72. The van der Waals surface area contributed by atoms with Crippen molar-refractivity contribution in [2.45, 2.75) is 19.1 Å². The molecular weight excluding hydrogens is 188 g/mol. The van der Waals surface area contributed by atoms with Crippen LogP contribution in [0, 0.1) is 13.8 Å². The third kappa shape index (κ3) is 2.42. The van der Waals surface area contributed by atoms with Crippen molar-refractivity contribution >= 4 is 18.6 Å². The van der Waals surface area contributed by atoms with E-state index in [0.29, 0.717) is 0 Å². The summed E-state index contributed by atoms with van der Waals surface area (Å²) in [6, 6.07) is 1.78. The van der Waals surface area contributed by atoms with Gasteiger partial charge in [-0.25, -0.2) is 9.97 Å². The topological polar surface area (TPSA) is 63.1 Å². The lowest BCUT2D eigenvalue weighted by atomic mass is 10.3. The van der Waals surface area contributed by atoms with Gasteiger partial charge in [0, 0.05) is 11.4 Å². The van der Waals surface area contributed by atoms with E-state index >= 15 is 0 Å². The van der Waals surface area contributed by atoms with Crippen molar-refractivity contribution in [3.63, 3.8) is 0 Å². The highest BCUT2D eigenvalue weighted by atomic mass is 32.1. The minimum Gasteiger partial charge on any atom is -0.480 e. The first-order chi connectivity index (χ1) is 6.00. The largest absolute Gasteiger partial charge is 0.480 e. The Morgan fingerprint density at radius 2 is 1.92 bits per heavy atom. The Morgan fingerprint density at radius 1 is 1.46 bits per heavy atom. The van der Waals surface area contributed by atoms with E-state index in [9.17, 15) is 4.79 Å². The lowest BCUT2D eigenvalue weighted by molar-refractivity contribution is -0.136. The summed E-state index contributed by atoms with van der Waals surface area (Å²) in [5.74, 6) is -0.790. The molecule has 0 aliphatic heterocycles. The Balaban J connectivity index is 3.07. The Hall–Kier alpha value is -1.10. The van der Waals surface area contributed by atoms with Gasteiger partial charge >= 0.3 is 5.97 Å². The predicted molar refractivity (Wildman–Crippen MR) is 50.9 cm³/mol. The molecule has 0 saturated heterocycles. The number of hydrogen-bond acceptors (Lipinski definition) is 4. The fraction of sp³-hybridized carbons (Fsp3) is 0.375. The van der Waals surface area contributed by atoms with Crippen molar-refractivity contribution in [3.8, 4) is 0 Å². The monoisotopic (exact) mass is 198 g/mol. The summed E-state index contributed by atoms with van der Waals surface area (Å²) in [5.41, 5.74) is 1.51. The van der Waals surface area contributed by atoms with Crippen molar-refractivity contribution in [1.29, 1.82) is 0 Å². The van der Waals surface area contributed by atoms with Gasteiger partial charge in [-0.1, -0.05) is 0 Å². The summed E-state index contributed by atoms with van der Waals surface area (Å²) >= 11 is 3.88. The van der Waals surface area contributed by atoms with Crippen LogP contribution >= 0.6 is 12.6 Å². The van der Waals surface area contributed by atoms with E-state index in [1.54, 1.807) is 19.9 Å². The van der Waals surface area contributed by atoms with E-state index in [2.05, 4.69) is 22.6 Å². The number of hydrogen-bond donors (Lipinski definition) is 2. The number of aliphatic carboxylic acids is 1. The standard InChI is InChI=1S/C8H10N2O2S/c1-4-3-5(2)10-7(9-4)6(13)8(11)12/h3,6,13H,1-2H3,(H,11,12). The maximum absolute atomic E-state index is 10.6. The number of carboxylic acids is 1. The molecular formula is C8H10N2O2S. The molecule has 0 saturated carbocycles. The zero-order valence-electron chi connectivity index (χ0n) is 7.35. The molecule has 1 aromatic rings. The zero-order valence-corrected chi connectivity index (χ0v) is 8.25. The molecule has 1 unspecified atom stereocenters. The SMILES string of the molecule is Cc1cc(C)nc(C(S)C(=O)O)n1. The minimum absolute atomic E-state index is 0.244. The Morgan fingerprint density at radius 3 is 2.31 bits per heavy atom. The Kier molecular flexibility index (Phi) is 2.87. The van der Waals surface area contributed by atoms with Gasteiger partial charge in [-0.3, -0.25) is 4.79 Å². The van der Waals surface area contributed by atoms with Gasteiger partial charge in [0.25, 0.3) is 0 Å². The number of carboxylic acid groups (broad SMARTS) is 1. The highest BCUT2D eigenvalue weighted by Gasteiger charge is 2.18. The fourth-order valence-corrected chi connectivity index (χ4v) is 1.10. The Labute approximate surface area is 81.4 Å². The molecule has 70 valence electrons. The van der Waals surface area contributed by atoms with Crippen LogP contribution in [0.3, 0.4) is 0 Å². The molecule has 1 aromatic heterocycles. The van der Waals surface area contributed by atoms with Crippen LogP contribution in [0.15, 0.2) is 6.07 Å².